The van der Waals surface area contributed by atoms with E-state index in [1.54, 1.807) is 25.4 Å². The van der Waals surface area contributed by atoms with Gasteiger partial charge >= 0.3 is 0 Å². The van der Waals surface area contributed by atoms with Gasteiger partial charge in [-0.15, -0.1) is 0 Å². The molecule has 0 spiro atoms. The number of aromatic nitrogens is 1. The van der Waals surface area contributed by atoms with Crippen molar-refractivity contribution in [3.05, 3.63) is 28.5 Å². The Kier molecular flexibility index (Phi) is 3.56. The van der Waals surface area contributed by atoms with Crippen LogP contribution in [0.3, 0.4) is 0 Å². The second-order valence-electron chi connectivity index (χ2n) is 3.86. The van der Waals surface area contributed by atoms with Gasteiger partial charge in [0.2, 0.25) is 0 Å². The zero-order valence-electron chi connectivity index (χ0n) is 8.94. The molecule has 2 rings (SSSR count). The SMILES string of the molecule is COC1CC(NC(=O)c2ccc(Br)cn2)C1. The molecule has 1 aliphatic carbocycles. The first kappa shape index (κ1) is 11.5. The van der Waals surface area contributed by atoms with E-state index in [0.717, 1.165) is 17.3 Å². The molecule has 1 aliphatic rings. The van der Waals surface area contributed by atoms with Gasteiger partial charge in [-0.1, -0.05) is 0 Å². The summed E-state index contributed by atoms with van der Waals surface area (Å²) in [4.78, 5) is 15.8. The molecule has 0 bridgehead atoms. The monoisotopic (exact) mass is 284 g/mol. The molecule has 16 heavy (non-hydrogen) atoms. The summed E-state index contributed by atoms with van der Waals surface area (Å²) in [6.45, 7) is 0. The van der Waals surface area contributed by atoms with Crippen LogP contribution in [0.2, 0.25) is 0 Å². The molecule has 5 heteroatoms. The van der Waals surface area contributed by atoms with E-state index in [0.29, 0.717) is 11.8 Å². The number of hydrogen-bond donors (Lipinski definition) is 1. The molecule has 1 N–H and O–H groups in total. The highest BCUT2D eigenvalue weighted by Crippen LogP contribution is 2.22. The zero-order chi connectivity index (χ0) is 11.5. The van der Waals surface area contributed by atoms with Crippen LogP contribution in [0.5, 0.6) is 0 Å². The van der Waals surface area contributed by atoms with Gasteiger partial charge in [-0.05, 0) is 40.9 Å². The van der Waals surface area contributed by atoms with E-state index >= 15 is 0 Å². The molecule has 0 unspecified atom stereocenters. The van der Waals surface area contributed by atoms with Gasteiger partial charge in [-0.2, -0.15) is 0 Å². The maximum Gasteiger partial charge on any atom is 0.270 e. The second kappa shape index (κ2) is 4.93. The van der Waals surface area contributed by atoms with Crippen molar-refractivity contribution < 1.29 is 9.53 Å². The normalized spacial score (nSPS) is 23.6. The number of carbonyl (C=O) groups excluding carboxylic acids is 1. The summed E-state index contributed by atoms with van der Waals surface area (Å²) < 4.78 is 6.01. The number of nitrogens with zero attached hydrogens (tertiary/aromatic N) is 1. The number of carbonyl (C=O) groups is 1. The second-order valence-corrected chi connectivity index (χ2v) is 4.78. The van der Waals surface area contributed by atoms with Crippen molar-refractivity contribution in [3.63, 3.8) is 0 Å². The van der Waals surface area contributed by atoms with Crippen LogP contribution in [0.25, 0.3) is 0 Å². The van der Waals surface area contributed by atoms with Crippen LogP contribution in [0.1, 0.15) is 23.3 Å². The van der Waals surface area contributed by atoms with Crippen LogP contribution < -0.4 is 5.32 Å². The Morgan fingerprint density at radius 1 is 1.56 bits per heavy atom. The number of halogens is 1. The van der Waals surface area contributed by atoms with Crippen LogP contribution in [-0.2, 0) is 4.74 Å². The number of amides is 1. The Morgan fingerprint density at radius 3 is 2.88 bits per heavy atom. The summed E-state index contributed by atoms with van der Waals surface area (Å²) in [5.41, 5.74) is 0.448. The molecule has 1 aromatic heterocycles. The number of rotatable bonds is 3. The first-order valence-electron chi connectivity index (χ1n) is 5.14. The molecule has 0 aliphatic heterocycles. The van der Waals surface area contributed by atoms with E-state index in [2.05, 4.69) is 26.2 Å². The maximum absolute atomic E-state index is 11.7. The van der Waals surface area contributed by atoms with Crippen LogP contribution in [0.4, 0.5) is 0 Å². The highest BCUT2D eigenvalue weighted by Gasteiger charge is 2.30. The maximum atomic E-state index is 11.7. The number of ether oxygens (including phenoxy) is 1. The van der Waals surface area contributed by atoms with Gasteiger partial charge in [0, 0.05) is 23.8 Å². The average molecular weight is 285 g/mol. The lowest BCUT2D eigenvalue weighted by Crippen LogP contribution is -2.47. The Morgan fingerprint density at radius 2 is 2.31 bits per heavy atom. The van der Waals surface area contributed by atoms with E-state index in [4.69, 9.17) is 4.74 Å². The number of nitrogens with one attached hydrogen (secondary N) is 1. The summed E-state index contributed by atoms with van der Waals surface area (Å²) in [5, 5.41) is 2.92. The third-order valence-corrected chi connectivity index (χ3v) is 3.19. The van der Waals surface area contributed by atoms with Crippen molar-refractivity contribution in [1.82, 2.24) is 10.3 Å². The Hall–Kier alpha value is -0.940. The van der Waals surface area contributed by atoms with E-state index < -0.39 is 0 Å². The fraction of sp³-hybridized carbons (Fsp3) is 0.455. The van der Waals surface area contributed by atoms with Crippen LogP contribution in [0, 0.1) is 0 Å². The van der Waals surface area contributed by atoms with Gasteiger partial charge in [0.15, 0.2) is 0 Å². The van der Waals surface area contributed by atoms with Crippen molar-refractivity contribution in [2.24, 2.45) is 0 Å². The summed E-state index contributed by atoms with van der Waals surface area (Å²) in [6, 6.07) is 3.73. The minimum atomic E-state index is -0.118. The van der Waals surface area contributed by atoms with Crippen molar-refractivity contribution in [2.75, 3.05) is 7.11 Å². The minimum absolute atomic E-state index is 0.118. The molecule has 0 radical (unpaired) electrons. The fourth-order valence-electron chi connectivity index (χ4n) is 1.65. The van der Waals surface area contributed by atoms with Crippen LogP contribution in [0.15, 0.2) is 22.8 Å². The smallest absolute Gasteiger partial charge is 0.270 e. The van der Waals surface area contributed by atoms with Gasteiger partial charge in [0.1, 0.15) is 5.69 Å². The van der Waals surface area contributed by atoms with Crippen LogP contribution >= 0.6 is 15.9 Å². The third kappa shape index (κ3) is 2.59. The highest BCUT2D eigenvalue weighted by atomic mass is 79.9. The molecule has 1 amide bonds. The molecule has 1 saturated carbocycles. The third-order valence-electron chi connectivity index (χ3n) is 2.72. The quantitative estimate of drug-likeness (QED) is 0.920. The predicted molar refractivity (Wildman–Crippen MR) is 63.2 cm³/mol. The molecule has 86 valence electrons. The van der Waals surface area contributed by atoms with E-state index in [1.807, 2.05) is 0 Å². The standard InChI is InChI=1S/C11H13BrN2O2/c1-16-9-4-8(5-9)14-11(15)10-3-2-7(12)6-13-10/h2-3,6,8-9H,4-5H2,1H3,(H,14,15). The molecule has 1 fully saturated rings. The fourth-order valence-corrected chi connectivity index (χ4v) is 1.88. The Bertz CT molecular complexity index is 374. The predicted octanol–water partition coefficient (Wildman–Crippen LogP) is 1.75. The van der Waals surface area contributed by atoms with Gasteiger partial charge in [0.25, 0.3) is 5.91 Å². The van der Waals surface area contributed by atoms with Gasteiger partial charge in [-0.25, -0.2) is 4.98 Å². The molecular formula is C11H13BrN2O2. The lowest BCUT2D eigenvalue weighted by Gasteiger charge is -2.34. The lowest BCUT2D eigenvalue weighted by molar-refractivity contribution is 0.0175. The molecule has 1 heterocycles. The van der Waals surface area contributed by atoms with Crippen molar-refractivity contribution in [3.8, 4) is 0 Å². The van der Waals surface area contributed by atoms with E-state index in [-0.39, 0.29) is 11.9 Å². The summed E-state index contributed by atoms with van der Waals surface area (Å²) in [6.07, 6.45) is 3.69. The van der Waals surface area contributed by atoms with Gasteiger partial charge in [0.05, 0.1) is 6.10 Å². The van der Waals surface area contributed by atoms with Crippen LogP contribution in [-0.4, -0.2) is 30.1 Å². The highest BCUT2D eigenvalue weighted by molar-refractivity contribution is 9.10. The molecule has 0 saturated heterocycles. The zero-order valence-corrected chi connectivity index (χ0v) is 10.5. The Labute approximate surface area is 103 Å². The Balaban J connectivity index is 1.87. The van der Waals surface area contributed by atoms with Crippen molar-refractivity contribution >= 4 is 21.8 Å². The minimum Gasteiger partial charge on any atom is -0.381 e. The first-order chi connectivity index (χ1) is 7.69. The number of methoxy groups -OCH3 is 1. The number of pyridine rings is 1. The molecule has 0 aromatic carbocycles. The van der Waals surface area contributed by atoms with Crippen molar-refractivity contribution in [2.45, 2.75) is 25.0 Å². The first-order valence-corrected chi connectivity index (χ1v) is 5.93. The molecule has 0 atom stereocenters. The number of hydrogen-bond acceptors (Lipinski definition) is 3. The van der Waals surface area contributed by atoms with E-state index in [9.17, 15) is 4.79 Å². The van der Waals surface area contributed by atoms with Crippen molar-refractivity contribution in [1.29, 1.82) is 0 Å². The average Bonchev–Trinajstić information content (AvgIpc) is 2.23. The van der Waals surface area contributed by atoms with Gasteiger partial charge < -0.3 is 10.1 Å². The lowest BCUT2D eigenvalue weighted by atomic mass is 9.89. The summed E-state index contributed by atoms with van der Waals surface area (Å²) in [5.74, 6) is -0.118. The van der Waals surface area contributed by atoms with Gasteiger partial charge in [-0.3, -0.25) is 4.79 Å². The largest absolute Gasteiger partial charge is 0.381 e. The summed E-state index contributed by atoms with van der Waals surface area (Å²) >= 11 is 3.28. The summed E-state index contributed by atoms with van der Waals surface area (Å²) in [7, 11) is 1.69. The molecule has 1 aromatic rings. The van der Waals surface area contributed by atoms with E-state index in [1.165, 1.54) is 0 Å². The topological polar surface area (TPSA) is 51.2 Å². The molecule has 4 nitrogen and oxygen atoms in total. The molecular weight excluding hydrogens is 272 g/mol.